The maximum Gasteiger partial charge on any atom is 0.217 e. The van der Waals surface area contributed by atoms with Gasteiger partial charge in [-0.05, 0) is 30.4 Å². The minimum Gasteiger partial charge on any atom is -0.482 e. The van der Waals surface area contributed by atoms with Crippen LogP contribution in [0.3, 0.4) is 0 Å². The van der Waals surface area contributed by atoms with Crippen LogP contribution < -0.4 is 0 Å². The molecule has 0 fully saturated rings. The maximum atomic E-state index is 10.2. The lowest BCUT2D eigenvalue weighted by molar-refractivity contribution is 0.102. The third kappa shape index (κ3) is 3.30. The molecule has 0 aliphatic rings. The first-order valence-electron chi connectivity index (χ1n) is 5.82. The van der Waals surface area contributed by atoms with E-state index in [9.17, 15) is 5.11 Å². The second kappa shape index (κ2) is 5.32. The summed E-state index contributed by atoms with van der Waals surface area (Å²) in [4.78, 5) is 0. The molecule has 0 heterocycles. The summed E-state index contributed by atoms with van der Waals surface area (Å²) in [6.45, 7) is 5.91. The van der Waals surface area contributed by atoms with E-state index in [4.69, 9.17) is 10.1 Å². The van der Waals surface area contributed by atoms with E-state index in [0.29, 0.717) is 11.5 Å². The Labute approximate surface area is 103 Å². The number of benzene rings is 1. The Kier molecular flexibility index (Phi) is 4.29. The van der Waals surface area contributed by atoms with E-state index in [2.05, 4.69) is 13.8 Å². The largest absolute Gasteiger partial charge is 0.482 e. The molecule has 94 valence electrons. The molecule has 0 radical (unpaired) electrons. The highest BCUT2D eigenvalue weighted by atomic mass is 16.5. The summed E-state index contributed by atoms with van der Waals surface area (Å²) in [6, 6.07) is 7.69. The minimum atomic E-state index is -1.36. The molecule has 0 spiro atoms. The number of hydrogen-bond acceptors (Lipinski definition) is 3. The smallest absolute Gasteiger partial charge is 0.217 e. The normalized spacial score (nSPS) is 14.5. The molecular weight excluding hydrogens is 214 g/mol. The Hall–Kier alpha value is -1.35. The molecule has 3 nitrogen and oxygen atoms in total. The van der Waals surface area contributed by atoms with E-state index < -0.39 is 5.60 Å². The molecule has 0 saturated carbocycles. The van der Waals surface area contributed by atoms with Crippen molar-refractivity contribution in [3.63, 3.8) is 0 Å². The van der Waals surface area contributed by atoms with Crippen molar-refractivity contribution in [2.45, 2.75) is 32.8 Å². The quantitative estimate of drug-likeness (QED) is 0.622. The topological polar surface area (TPSA) is 53.3 Å². The van der Waals surface area contributed by atoms with Crippen molar-refractivity contribution in [1.29, 1.82) is 5.41 Å². The average Bonchev–Trinajstić information content (AvgIpc) is 2.27. The van der Waals surface area contributed by atoms with Crippen molar-refractivity contribution in [3.8, 4) is 0 Å². The van der Waals surface area contributed by atoms with Crippen molar-refractivity contribution in [2.75, 3.05) is 7.11 Å². The van der Waals surface area contributed by atoms with E-state index in [1.165, 1.54) is 12.7 Å². The molecule has 0 amide bonds. The van der Waals surface area contributed by atoms with Crippen LogP contribution in [0.4, 0.5) is 0 Å². The van der Waals surface area contributed by atoms with Gasteiger partial charge in [0.25, 0.3) is 0 Å². The van der Waals surface area contributed by atoms with E-state index >= 15 is 0 Å². The van der Waals surface area contributed by atoms with Gasteiger partial charge in [0.05, 0.1) is 7.11 Å². The third-order valence-corrected chi connectivity index (χ3v) is 2.81. The van der Waals surface area contributed by atoms with Crippen LogP contribution in [0.5, 0.6) is 0 Å². The third-order valence-electron chi connectivity index (χ3n) is 2.81. The Balaban J connectivity index is 2.90. The molecule has 1 atom stereocenters. The molecule has 17 heavy (non-hydrogen) atoms. The average molecular weight is 235 g/mol. The maximum absolute atomic E-state index is 10.2. The summed E-state index contributed by atoms with van der Waals surface area (Å²) in [5.74, 6) is 0.466. The second-order valence-corrected chi connectivity index (χ2v) is 4.90. The Morgan fingerprint density at radius 3 is 2.29 bits per heavy atom. The summed E-state index contributed by atoms with van der Waals surface area (Å²) in [5.41, 5.74) is 0.561. The zero-order valence-electron chi connectivity index (χ0n) is 10.9. The standard InChI is InChI=1S/C14H21NO2/c1-10(2)9-11-5-7-12(8-6-11)14(3,16)13(15)17-4/h5-8,10,15-16H,9H2,1-4H3. The van der Waals surface area contributed by atoms with Crippen LogP contribution in [0, 0.1) is 11.3 Å². The fraction of sp³-hybridized carbons (Fsp3) is 0.500. The van der Waals surface area contributed by atoms with Gasteiger partial charge in [-0.2, -0.15) is 0 Å². The number of aliphatic hydroxyl groups is 1. The highest BCUT2D eigenvalue weighted by Gasteiger charge is 2.29. The van der Waals surface area contributed by atoms with E-state index in [1.54, 1.807) is 6.92 Å². The van der Waals surface area contributed by atoms with Gasteiger partial charge in [0, 0.05) is 0 Å². The molecule has 0 aliphatic carbocycles. The highest BCUT2D eigenvalue weighted by molar-refractivity contribution is 5.82. The zero-order chi connectivity index (χ0) is 13.1. The first kappa shape index (κ1) is 13.7. The summed E-state index contributed by atoms with van der Waals surface area (Å²) >= 11 is 0. The summed E-state index contributed by atoms with van der Waals surface area (Å²) < 4.78 is 4.80. The second-order valence-electron chi connectivity index (χ2n) is 4.90. The van der Waals surface area contributed by atoms with Crippen molar-refractivity contribution in [3.05, 3.63) is 35.4 Å². The molecule has 2 N–H and O–H groups in total. The molecule has 0 bridgehead atoms. The lowest BCUT2D eigenvalue weighted by atomic mass is 9.93. The Bertz CT molecular complexity index is 380. The number of methoxy groups -OCH3 is 1. The van der Waals surface area contributed by atoms with Crippen molar-refractivity contribution >= 4 is 5.90 Å². The van der Waals surface area contributed by atoms with Crippen LogP contribution in [0.15, 0.2) is 24.3 Å². The molecule has 1 aromatic rings. The summed E-state index contributed by atoms with van der Waals surface area (Å²) in [6.07, 6.45) is 1.02. The SMILES string of the molecule is COC(=N)C(C)(O)c1ccc(CC(C)C)cc1. The predicted octanol–water partition coefficient (Wildman–Crippen LogP) is 2.72. The minimum absolute atomic E-state index is 0.144. The van der Waals surface area contributed by atoms with Crippen molar-refractivity contribution in [2.24, 2.45) is 5.92 Å². The van der Waals surface area contributed by atoms with Gasteiger partial charge in [-0.1, -0.05) is 38.1 Å². The van der Waals surface area contributed by atoms with Gasteiger partial charge in [-0.25, -0.2) is 0 Å². The number of nitrogens with one attached hydrogen (secondary N) is 1. The van der Waals surface area contributed by atoms with Crippen LogP contribution in [0.2, 0.25) is 0 Å². The van der Waals surface area contributed by atoms with Gasteiger partial charge >= 0.3 is 0 Å². The monoisotopic (exact) mass is 235 g/mol. The van der Waals surface area contributed by atoms with E-state index in [-0.39, 0.29) is 5.90 Å². The fourth-order valence-electron chi connectivity index (χ4n) is 1.77. The molecule has 1 unspecified atom stereocenters. The fourth-order valence-corrected chi connectivity index (χ4v) is 1.77. The van der Waals surface area contributed by atoms with Crippen LogP contribution in [0.25, 0.3) is 0 Å². The van der Waals surface area contributed by atoms with Gasteiger partial charge in [-0.3, -0.25) is 5.41 Å². The van der Waals surface area contributed by atoms with Crippen LogP contribution in [0.1, 0.15) is 31.9 Å². The first-order chi connectivity index (χ1) is 7.87. The van der Waals surface area contributed by atoms with Gasteiger partial charge in [0.15, 0.2) is 5.60 Å². The lowest BCUT2D eigenvalue weighted by Gasteiger charge is -2.23. The highest BCUT2D eigenvalue weighted by Crippen LogP contribution is 2.23. The number of ether oxygens (including phenoxy) is 1. The van der Waals surface area contributed by atoms with Crippen molar-refractivity contribution in [1.82, 2.24) is 0 Å². The summed E-state index contributed by atoms with van der Waals surface area (Å²) in [5, 5.41) is 17.7. The molecule has 0 aliphatic heterocycles. The van der Waals surface area contributed by atoms with Crippen molar-refractivity contribution < 1.29 is 9.84 Å². The predicted molar refractivity (Wildman–Crippen MR) is 69.3 cm³/mol. The first-order valence-corrected chi connectivity index (χ1v) is 5.82. The van der Waals surface area contributed by atoms with Gasteiger partial charge in [-0.15, -0.1) is 0 Å². The molecule has 1 rings (SSSR count). The van der Waals surface area contributed by atoms with Gasteiger partial charge < -0.3 is 9.84 Å². The zero-order valence-corrected chi connectivity index (χ0v) is 10.9. The molecular formula is C14H21NO2. The van der Waals surface area contributed by atoms with Gasteiger partial charge in [0.2, 0.25) is 5.90 Å². The molecule has 0 saturated heterocycles. The van der Waals surface area contributed by atoms with Crippen LogP contribution in [-0.4, -0.2) is 18.1 Å². The number of rotatable bonds is 4. The summed E-state index contributed by atoms with van der Waals surface area (Å²) in [7, 11) is 1.39. The van der Waals surface area contributed by atoms with Crippen LogP contribution in [-0.2, 0) is 16.8 Å². The molecule has 1 aromatic carbocycles. The van der Waals surface area contributed by atoms with E-state index in [1.807, 2.05) is 24.3 Å². The van der Waals surface area contributed by atoms with Crippen LogP contribution >= 0.6 is 0 Å². The van der Waals surface area contributed by atoms with Gasteiger partial charge in [0.1, 0.15) is 0 Å². The number of hydrogen-bond donors (Lipinski definition) is 2. The molecule has 0 aromatic heterocycles. The Morgan fingerprint density at radius 2 is 1.88 bits per heavy atom. The Morgan fingerprint density at radius 1 is 1.35 bits per heavy atom. The molecule has 3 heteroatoms. The van der Waals surface area contributed by atoms with E-state index in [0.717, 1.165) is 6.42 Å². The lowest BCUT2D eigenvalue weighted by Crippen LogP contribution is -2.32.